The van der Waals surface area contributed by atoms with Gasteiger partial charge in [-0.25, -0.2) is 9.59 Å². The molecule has 1 aliphatic rings. The van der Waals surface area contributed by atoms with E-state index in [1.165, 1.54) is 19.3 Å². The van der Waals surface area contributed by atoms with Crippen LogP contribution in [0.1, 0.15) is 79.5 Å². The molecule has 1 aliphatic carbocycles. The summed E-state index contributed by atoms with van der Waals surface area (Å²) in [7, 11) is 0. The molecule has 1 aromatic rings. The minimum absolute atomic E-state index is 0.292. The van der Waals surface area contributed by atoms with Crippen LogP contribution in [0.2, 0.25) is 0 Å². The highest BCUT2D eigenvalue weighted by atomic mass is 16.5. The first-order valence-electron chi connectivity index (χ1n) is 9.51. The fraction of sp³-hybridized carbons (Fsp3) is 0.619. The molecule has 0 saturated heterocycles. The lowest BCUT2D eigenvalue weighted by molar-refractivity contribution is 0.0389. The maximum atomic E-state index is 12.4. The fourth-order valence-corrected chi connectivity index (χ4v) is 3.20. The molecule has 25 heavy (non-hydrogen) atoms. The largest absolute Gasteiger partial charge is 0.462 e. The zero-order chi connectivity index (χ0) is 18.1. The van der Waals surface area contributed by atoms with Gasteiger partial charge in [0, 0.05) is 0 Å². The zero-order valence-electron chi connectivity index (χ0n) is 15.5. The van der Waals surface area contributed by atoms with Crippen molar-refractivity contribution in [1.29, 1.82) is 0 Å². The molecule has 4 heteroatoms. The van der Waals surface area contributed by atoms with Crippen molar-refractivity contribution >= 4 is 11.9 Å². The Balaban J connectivity index is 1.89. The van der Waals surface area contributed by atoms with Gasteiger partial charge in [-0.15, -0.1) is 0 Å². The third-order valence-electron chi connectivity index (χ3n) is 4.70. The van der Waals surface area contributed by atoms with Crippen molar-refractivity contribution in [3.63, 3.8) is 0 Å². The van der Waals surface area contributed by atoms with E-state index in [1.807, 2.05) is 0 Å². The molecule has 0 aliphatic heterocycles. The minimum atomic E-state index is -0.450. The molecule has 0 atom stereocenters. The van der Waals surface area contributed by atoms with Gasteiger partial charge in [0.25, 0.3) is 0 Å². The number of hydrogen-bond acceptors (Lipinski definition) is 4. The van der Waals surface area contributed by atoms with Crippen LogP contribution < -0.4 is 0 Å². The van der Waals surface area contributed by atoms with Crippen molar-refractivity contribution in [2.45, 2.75) is 58.8 Å². The summed E-state index contributed by atoms with van der Waals surface area (Å²) in [5.41, 5.74) is 0.591. The highest BCUT2D eigenvalue weighted by Crippen LogP contribution is 2.24. The van der Waals surface area contributed by atoms with Gasteiger partial charge in [0.15, 0.2) is 0 Å². The molecule has 1 saturated carbocycles. The van der Waals surface area contributed by atoms with Gasteiger partial charge in [-0.05, 0) is 49.7 Å². The molecule has 0 amide bonds. The molecule has 1 aromatic carbocycles. The van der Waals surface area contributed by atoms with Crippen molar-refractivity contribution in [3.8, 4) is 0 Å². The van der Waals surface area contributed by atoms with Crippen LogP contribution in [-0.4, -0.2) is 25.2 Å². The first-order valence-corrected chi connectivity index (χ1v) is 9.51. The Morgan fingerprint density at radius 1 is 1.00 bits per heavy atom. The van der Waals surface area contributed by atoms with E-state index in [0.29, 0.717) is 36.2 Å². The second-order valence-electron chi connectivity index (χ2n) is 7.32. The Bertz CT molecular complexity index is 559. The summed E-state index contributed by atoms with van der Waals surface area (Å²) in [5.74, 6) is 0.155. The molecular formula is C21H30O4. The smallest absolute Gasteiger partial charge is 0.339 e. The second kappa shape index (κ2) is 10.2. The van der Waals surface area contributed by atoms with E-state index in [2.05, 4.69) is 13.8 Å². The van der Waals surface area contributed by atoms with Crippen molar-refractivity contribution in [1.82, 2.24) is 0 Å². The Morgan fingerprint density at radius 3 is 2.20 bits per heavy atom. The fourth-order valence-electron chi connectivity index (χ4n) is 3.20. The molecule has 0 spiro atoms. The number of carbonyl (C=O) groups excluding carboxylic acids is 2. The normalized spacial score (nSPS) is 15.2. The highest BCUT2D eigenvalue weighted by Gasteiger charge is 2.21. The maximum absolute atomic E-state index is 12.4. The lowest BCUT2D eigenvalue weighted by Gasteiger charge is -2.21. The van der Waals surface area contributed by atoms with Gasteiger partial charge in [0.1, 0.15) is 0 Å². The second-order valence-corrected chi connectivity index (χ2v) is 7.32. The molecule has 1 fully saturated rings. The Kier molecular flexibility index (Phi) is 7.96. The van der Waals surface area contributed by atoms with Crippen molar-refractivity contribution in [2.24, 2.45) is 11.8 Å². The van der Waals surface area contributed by atoms with Crippen LogP contribution in [0.15, 0.2) is 24.3 Å². The van der Waals surface area contributed by atoms with Gasteiger partial charge in [-0.2, -0.15) is 0 Å². The molecule has 0 aromatic heterocycles. The van der Waals surface area contributed by atoms with Crippen LogP contribution in [0.4, 0.5) is 0 Å². The number of benzene rings is 1. The summed E-state index contributed by atoms with van der Waals surface area (Å²) in [6.07, 6.45) is 7.77. The van der Waals surface area contributed by atoms with Crippen molar-refractivity contribution < 1.29 is 19.1 Å². The molecule has 0 unspecified atom stereocenters. The quantitative estimate of drug-likeness (QED) is 0.490. The molecular weight excluding hydrogens is 316 g/mol. The van der Waals surface area contributed by atoms with E-state index in [-0.39, 0.29) is 0 Å². The molecule has 0 radical (unpaired) electrons. The maximum Gasteiger partial charge on any atom is 0.339 e. The van der Waals surface area contributed by atoms with E-state index < -0.39 is 11.9 Å². The van der Waals surface area contributed by atoms with E-state index in [0.717, 1.165) is 25.7 Å². The predicted molar refractivity (Wildman–Crippen MR) is 97.7 cm³/mol. The molecule has 0 bridgehead atoms. The Labute approximate surface area is 150 Å². The van der Waals surface area contributed by atoms with Crippen LogP contribution >= 0.6 is 0 Å². The van der Waals surface area contributed by atoms with Crippen LogP contribution in [0.25, 0.3) is 0 Å². The first-order chi connectivity index (χ1) is 12.1. The summed E-state index contributed by atoms with van der Waals surface area (Å²) < 4.78 is 10.8. The molecule has 2 rings (SSSR count). The van der Waals surface area contributed by atoms with Gasteiger partial charge < -0.3 is 9.47 Å². The van der Waals surface area contributed by atoms with Gasteiger partial charge in [-0.3, -0.25) is 0 Å². The van der Waals surface area contributed by atoms with Crippen molar-refractivity contribution in [2.75, 3.05) is 13.2 Å². The third kappa shape index (κ3) is 6.52. The summed E-state index contributed by atoms with van der Waals surface area (Å²) in [6, 6.07) is 6.74. The Hall–Kier alpha value is -1.84. The minimum Gasteiger partial charge on any atom is -0.462 e. The van der Waals surface area contributed by atoms with Crippen LogP contribution in [0.3, 0.4) is 0 Å². The molecule has 0 N–H and O–H groups in total. The zero-order valence-corrected chi connectivity index (χ0v) is 15.5. The topological polar surface area (TPSA) is 52.6 Å². The van der Waals surface area contributed by atoms with Crippen molar-refractivity contribution in [3.05, 3.63) is 35.4 Å². The predicted octanol–water partition coefficient (Wildman–Crippen LogP) is 5.02. The van der Waals surface area contributed by atoms with E-state index in [1.54, 1.807) is 24.3 Å². The van der Waals surface area contributed by atoms with Crippen LogP contribution in [-0.2, 0) is 9.47 Å². The van der Waals surface area contributed by atoms with Crippen LogP contribution in [0.5, 0.6) is 0 Å². The van der Waals surface area contributed by atoms with E-state index in [9.17, 15) is 9.59 Å². The Morgan fingerprint density at radius 2 is 1.60 bits per heavy atom. The summed E-state index contributed by atoms with van der Waals surface area (Å²) in [5, 5.41) is 0. The molecule has 4 nitrogen and oxygen atoms in total. The average molecular weight is 346 g/mol. The van der Waals surface area contributed by atoms with Gasteiger partial charge in [0.05, 0.1) is 24.3 Å². The van der Waals surface area contributed by atoms with Gasteiger partial charge in [0.2, 0.25) is 0 Å². The number of carbonyl (C=O) groups is 2. The first kappa shape index (κ1) is 19.5. The SMILES string of the molecule is CC(C)CCCOC(=O)c1ccccc1C(=O)OCC1CCCCC1. The average Bonchev–Trinajstić information content (AvgIpc) is 2.63. The van der Waals surface area contributed by atoms with Gasteiger partial charge >= 0.3 is 11.9 Å². The lowest BCUT2D eigenvalue weighted by atomic mass is 9.90. The number of rotatable bonds is 8. The standard InChI is InChI=1S/C21H30O4/c1-16(2)9-8-14-24-20(22)18-12-6-7-13-19(18)21(23)25-15-17-10-4-3-5-11-17/h6-7,12-13,16-17H,3-5,8-11,14-15H2,1-2H3. The summed E-state index contributed by atoms with van der Waals surface area (Å²) in [6.45, 7) is 5.10. The number of hydrogen-bond donors (Lipinski definition) is 0. The van der Waals surface area contributed by atoms with E-state index in [4.69, 9.17) is 9.47 Å². The lowest BCUT2D eigenvalue weighted by Crippen LogP contribution is -2.19. The number of ether oxygens (including phenoxy) is 2. The van der Waals surface area contributed by atoms with Gasteiger partial charge in [-0.1, -0.05) is 45.2 Å². The third-order valence-corrected chi connectivity index (χ3v) is 4.70. The molecule has 0 heterocycles. The van der Waals surface area contributed by atoms with E-state index >= 15 is 0 Å². The molecule has 138 valence electrons. The van der Waals surface area contributed by atoms with Crippen LogP contribution in [0, 0.1) is 11.8 Å². The summed E-state index contributed by atoms with van der Waals surface area (Å²) >= 11 is 0. The summed E-state index contributed by atoms with van der Waals surface area (Å²) in [4.78, 5) is 24.7. The highest BCUT2D eigenvalue weighted by molar-refractivity contribution is 6.03. The monoisotopic (exact) mass is 346 g/mol. The number of esters is 2.